The van der Waals surface area contributed by atoms with Gasteiger partial charge in [0.2, 0.25) is 0 Å². The van der Waals surface area contributed by atoms with Crippen LogP contribution >= 0.6 is 11.6 Å². The lowest BCUT2D eigenvalue weighted by Crippen LogP contribution is -2.36. The molecule has 0 spiro atoms. The van der Waals surface area contributed by atoms with Gasteiger partial charge in [0.25, 0.3) is 0 Å². The molecule has 1 aromatic carbocycles. The first kappa shape index (κ1) is 10.8. The standard InChI is InChI=1S/C12H17ClN2/c1-15(11-3-2-4-11)8-9-5-6-10(13)7-12(9)14/h5-7,11H,2-4,8,14H2,1H3. The van der Waals surface area contributed by atoms with Crippen LogP contribution < -0.4 is 5.73 Å². The molecule has 0 heterocycles. The Morgan fingerprint density at radius 1 is 1.47 bits per heavy atom. The molecule has 2 rings (SSSR count). The molecule has 82 valence electrons. The van der Waals surface area contributed by atoms with Crippen molar-refractivity contribution >= 4 is 17.3 Å². The number of nitrogens with zero attached hydrogens (tertiary/aromatic N) is 1. The van der Waals surface area contributed by atoms with Crippen LogP contribution in [-0.2, 0) is 6.54 Å². The molecular formula is C12H17ClN2. The maximum atomic E-state index is 5.92. The average Bonchev–Trinajstić information content (AvgIpc) is 2.07. The predicted octanol–water partition coefficient (Wildman–Crippen LogP) is 2.91. The molecule has 1 aromatic rings. The first-order valence-corrected chi connectivity index (χ1v) is 5.79. The first-order chi connectivity index (χ1) is 7.16. The van der Waals surface area contributed by atoms with Crippen molar-refractivity contribution in [2.45, 2.75) is 31.8 Å². The number of anilines is 1. The Labute approximate surface area is 96.0 Å². The van der Waals surface area contributed by atoms with Gasteiger partial charge in [0, 0.05) is 23.3 Å². The van der Waals surface area contributed by atoms with Gasteiger partial charge in [-0.25, -0.2) is 0 Å². The maximum absolute atomic E-state index is 5.92. The normalized spacial score (nSPS) is 16.7. The zero-order valence-corrected chi connectivity index (χ0v) is 9.80. The minimum Gasteiger partial charge on any atom is -0.398 e. The summed E-state index contributed by atoms with van der Waals surface area (Å²) in [4.78, 5) is 2.38. The minimum absolute atomic E-state index is 0.711. The van der Waals surface area contributed by atoms with Gasteiger partial charge in [0.15, 0.2) is 0 Å². The fraction of sp³-hybridized carbons (Fsp3) is 0.500. The zero-order chi connectivity index (χ0) is 10.8. The minimum atomic E-state index is 0.711. The van der Waals surface area contributed by atoms with Crippen LogP contribution in [0.4, 0.5) is 5.69 Å². The van der Waals surface area contributed by atoms with Crippen LogP contribution in [-0.4, -0.2) is 18.0 Å². The number of benzene rings is 1. The third kappa shape index (κ3) is 2.44. The number of nitrogen functional groups attached to an aromatic ring is 1. The molecule has 15 heavy (non-hydrogen) atoms. The summed E-state index contributed by atoms with van der Waals surface area (Å²) in [6.07, 6.45) is 4.01. The number of rotatable bonds is 3. The van der Waals surface area contributed by atoms with E-state index in [1.54, 1.807) is 0 Å². The SMILES string of the molecule is CN(Cc1ccc(Cl)cc1N)C1CCC1. The summed E-state index contributed by atoms with van der Waals surface area (Å²) >= 11 is 5.86. The summed E-state index contributed by atoms with van der Waals surface area (Å²) < 4.78 is 0. The van der Waals surface area contributed by atoms with E-state index in [1.807, 2.05) is 18.2 Å². The van der Waals surface area contributed by atoms with E-state index in [9.17, 15) is 0 Å². The Morgan fingerprint density at radius 3 is 2.73 bits per heavy atom. The Bertz CT molecular complexity index is 347. The van der Waals surface area contributed by atoms with Crippen LogP contribution in [0.15, 0.2) is 18.2 Å². The van der Waals surface area contributed by atoms with Crippen molar-refractivity contribution in [3.05, 3.63) is 28.8 Å². The van der Waals surface area contributed by atoms with Gasteiger partial charge in [-0.15, -0.1) is 0 Å². The van der Waals surface area contributed by atoms with Crippen LogP contribution in [0.5, 0.6) is 0 Å². The van der Waals surface area contributed by atoms with Gasteiger partial charge >= 0.3 is 0 Å². The molecule has 0 amide bonds. The molecule has 3 heteroatoms. The highest BCUT2D eigenvalue weighted by Gasteiger charge is 2.22. The fourth-order valence-corrected chi connectivity index (χ4v) is 2.12. The number of halogens is 1. The first-order valence-electron chi connectivity index (χ1n) is 5.41. The van der Waals surface area contributed by atoms with Crippen LogP contribution in [0.2, 0.25) is 5.02 Å². The van der Waals surface area contributed by atoms with Crippen molar-refractivity contribution in [1.29, 1.82) is 0 Å². The third-order valence-corrected chi connectivity index (χ3v) is 3.46. The Hall–Kier alpha value is -0.730. The summed E-state index contributed by atoms with van der Waals surface area (Å²) in [6.45, 7) is 0.924. The highest BCUT2D eigenvalue weighted by Crippen LogP contribution is 2.26. The molecule has 1 saturated carbocycles. The topological polar surface area (TPSA) is 29.3 Å². The number of nitrogens with two attached hydrogens (primary N) is 1. The largest absolute Gasteiger partial charge is 0.398 e. The molecule has 0 aliphatic heterocycles. The summed E-state index contributed by atoms with van der Waals surface area (Å²) in [5.74, 6) is 0. The smallest absolute Gasteiger partial charge is 0.0426 e. The summed E-state index contributed by atoms with van der Waals surface area (Å²) in [6, 6.07) is 6.50. The third-order valence-electron chi connectivity index (χ3n) is 3.23. The lowest BCUT2D eigenvalue weighted by molar-refractivity contribution is 0.153. The van der Waals surface area contributed by atoms with Crippen molar-refractivity contribution in [2.24, 2.45) is 0 Å². The van der Waals surface area contributed by atoms with Gasteiger partial charge in [-0.2, -0.15) is 0 Å². The van der Waals surface area contributed by atoms with Gasteiger partial charge in [-0.05, 0) is 37.6 Å². The van der Waals surface area contributed by atoms with Crippen LogP contribution in [0.3, 0.4) is 0 Å². The molecule has 1 aliphatic rings. The average molecular weight is 225 g/mol. The van der Waals surface area contributed by atoms with E-state index in [0.29, 0.717) is 5.02 Å². The van der Waals surface area contributed by atoms with Crippen LogP contribution in [0.1, 0.15) is 24.8 Å². The van der Waals surface area contributed by atoms with E-state index >= 15 is 0 Å². The highest BCUT2D eigenvalue weighted by molar-refractivity contribution is 6.30. The van der Waals surface area contributed by atoms with Crippen molar-refractivity contribution in [1.82, 2.24) is 4.90 Å². The summed E-state index contributed by atoms with van der Waals surface area (Å²) in [5.41, 5.74) is 7.89. The van der Waals surface area contributed by atoms with E-state index < -0.39 is 0 Å². The molecule has 0 bridgehead atoms. The second-order valence-corrected chi connectivity index (χ2v) is 4.78. The molecule has 1 aliphatic carbocycles. The summed E-state index contributed by atoms with van der Waals surface area (Å²) in [5, 5.41) is 0.711. The predicted molar refractivity (Wildman–Crippen MR) is 65.0 cm³/mol. The maximum Gasteiger partial charge on any atom is 0.0426 e. The van der Waals surface area contributed by atoms with Gasteiger partial charge < -0.3 is 5.73 Å². The Kier molecular flexibility index (Phi) is 3.17. The summed E-state index contributed by atoms with van der Waals surface area (Å²) in [7, 11) is 2.16. The molecule has 1 fully saturated rings. The Morgan fingerprint density at radius 2 is 2.20 bits per heavy atom. The molecule has 0 radical (unpaired) electrons. The van der Waals surface area contributed by atoms with E-state index in [4.69, 9.17) is 17.3 Å². The van der Waals surface area contributed by atoms with Crippen LogP contribution in [0, 0.1) is 0 Å². The Balaban J connectivity index is 2.03. The highest BCUT2D eigenvalue weighted by atomic mass is 35.5. The lowest BCUT2D eigenvalue weighted by Gasteiger charge is -2.35. The quantitative estimate of drug-likeness (QED) is 0.800. The molecular weight excluding hydrogens is 208 g/mol. The van der Waals surface area contributed by atoms with Crippen molar-refractivity contribution < 1.29 is 0 Å². The van der Waals surface area contributed by atoms with E-state index in [2.05, 4.69) is 11.9 Å². The van der Waals surface area contributed by atoms with Crippen LogP contribution in [0.25, 0.3) is 0 Å². The zero-order valence-electron chi connectivity index (χ0n) is 9.04. The van der Waals surface area contributed by atoms with Gasteiger partial charge in [-0.1, -0.05) is 24.1 Å². The van der Waals surface area contributed by atoms with Gasteiger partial charge in [0.05, 0.1) is 0 Å². The second kappa shape index (κ2) is 4.42. The van der Waals surface area contributed by atoms with Crippen molar-refractivity contribution in [2.75, 3.05) is 12.8 Å². The number of hydrogen-bond acceptors (Lipinski definition) is 2. The van der Waals surface area contributed by atoms with Gasteiger partial charge in [-0.3, -0.25) is 4.90 Å². The van der Waals surface area contributed by atoms with Gasteiger partial charge in [0.1, 0.15) is 0 Å². The fourth-order valence-electron chi connectivity index (χ4n) is 1.94. The van der Waals surface area contributed by atoms with E-state index in [0.717, 1.165) is 18.3 Å². The molecule has 2 N–H and O–H groups in total. The number of hydrogen-bond donors (Lipinski definition) is 1. The molecule has 0 saturated heterocycles. The molecule has 0 aromatic heterocycles. The molecule has 0 atom stereocenters. The monoisotopic (exact) mass is 224 g/mol. The molecule has 2 nitrogen and oxygen atoms in total. The molecule has 0 unspecified atom stereocenters. The second-order valence-electron chi connectivity index (χ2n) is 4.34. The van der Waals surface area contributed by atoms with E-state index in [-0.39, 0.29) is 0 Å². The van der Waals surface area contributed by atoms with E-state index in [1.165, 1.54) is 24.8 Å². The lowest BCUT2D eigenvalue weighted by atomic mass is 9.91. The van der Waals surface area contributed by atoms with Crippen molar-refractivity contribution in [3.8, 4) is 0 Å². The van der Waals surface area contributed by atoms with Crippen molar-refractivity contribution in [3.63, 3.8) is 0 Å².